The van der Waals surface area contributed by atoms with Gasteiger partial charge < -0.3 is 10.1 Å². The maximum absolute atomic E-state index is 6.14. The SMILES string of the molecule is CC#CCC(NCCC)C1CSc2ccccc2O1. The Labute approximate surface area is 120 Å². The van der Waals surface area contributed by atoms with Crippen LogP contribution in [0.2, 0.25) is 0 Å². The third kappa shape index (κ3) is 3.92. The number of thioether (sulfide) groups is 1. The molecule has 0 bridgehead atoms. The molecule has 3 heteroatoms. The Balaban J connectivity index is 2.03. The molecule has 1 aliphatic rings. The van der Waals surface area contributed by atoms with Gasteiger partial charge in [0.2, 0.25) is 0 Å². The average Bonchev–Trinajstić information content (AvgIpc) is 2.47. The first-order chi connectivity index (χ1) is 9.35. The Kier molecular flexibility index (Phi) is 5.62. The summed E-state index contributed by atoms with van der Waals surface area (Å²) in [7, 11) is 0. The fourth-order valence-corrected chi connectivity index (χ4v) is 3.19. The van der Waals surface area contributed by atoms with Gasteiger partial charge in [0, 0.05) is 17.1 Å². The molecule has 2 unspecified atom stereocenters. The zero-order valence-electron chi connectivity index (χ0n) is 11.6. The number of para-hydroxylation sites is 1. The summed E-state index contributed by atoms with van der Waals surface area (Å²) >= 11 is 1.88. The molecule has 1 heterocycles. The lowest BCUT2D eigenvalue weighted by atomic mass is 10.1. The minimum atomic E-state index is 0.201. The van der Waals surface area contributed by atoms with E-state index in [9.17, 15) is 0 Å². The number of hydrogen-bond acceptors (Lipinski definition) is 3. The van der Waals surface area contributed by atoms with E-state index in [2.05, 4.69) is 42.3 Å². The maximum atomic E-state index is 6.14. The lowest BCUT2D eigenvalue weighted by Gasteiger charge is -2.31. The number of hydrogen-bond donors (Lipinski definition) is 1. The molecule has 0 spiro atoms. The zero-order valence-corrected chi connectivity index (χ0v) is 12.4. The van der Waals surface area contributed by atoms with Crippen molar-refractivity contribution in [2.24, 2.45) is 0 Å². The molecule has 1 aromatic carbocycles. The highest BCUT2D eigenvalue weighted by Gasteiger charge is 2.27. The van der Waals surface area contributed by atoms with E-state index in [1.807, 2.05) is 24.8 Å². The summed E-state index contributed by atoms with van der Waals surface area (Å²) in [6, 6.07) is 8.58. The lowest BCUT2D eigenvalue weighted by molar-refractivity contribution is 0.167. The molecule has 102 valence electrons. The summed E-state index contributed by atoms with van der Waals surface area (Å²) in [5, 5.41) is 3.56. The van der Waals surface area contributed by atoms with Crippen molar-refractivity contribution in [3.05, 3.63) is 24.3 Å². The van der Waals surface area contributed by atoms with E-state index in [0.29, 0.717) is 6.04 Å². The second-order valence-corrected chi connectivity index (χ2v) is 5.67. The fourth-order valence-electron chi connectivity index (χ4n) is 2.11. The zero-order chi connectivity index (χ0) is 13.5. The first-order valence-electron chi connectivity index (χ1n) is 6.86. The summed E-state index contributed by atoms with van der Waals surface area (Å²) in [5.74, 6) is 8.16. The lowest BCUT2D eigenvalue weighted by Crippen LogP contribution is -2.45. The van der Waals surface area contributed by atoms with E-state index in [4.69, 9.17) is 4.74 Å². The molecule has 0 radical (unpaired) electrons. The Morgan fingerprint density at radius 2 is 2.32 bits per heavy atom. The highest BCUT2D eigenvalue weighted by Crippen LogP contribution is 2.35. The summed E-state index contributed by atoms with van der Waals surface area (Å²) in [6.45, 7) is 5.09. The van der Waals surface area contributed by atoms with Gasteiger partial charge in [-0.05, 0) is 32.0 Å². The minimum Gasteiger partial charge on any atom is -0.487 e. The molecule has 2 atom stereocenters. The van der Waals surface area contributed by atoms with Gasteiger partial charge in [-0.2, -0.15) is 0 Å². The molecule has 0 aromatic heterocycles. The van der Waals surface area contributed by atoms with Gasteiger partial charge in [0.25, 0.3) is 0 Å². The van der Waals surface area contributed by atoms with Crippen LogP contribution in [0.15, 0.2) is 29.2 Å². The van der Waals surface area contributed by atoms with Crippen molar-refractivity contribution in [2.75, 3.05) is 12.3 Å². The minimum absolute atomic E-state index is 0.201. The van der Waals surface area contributed by atoms with Crippen molar-refractivity contribution < 1.29 is 4.74 Å². The molecule has 2 nitrogen and oxygen atoms in total. The maximum Gasteiger partial charge on any atom is 0.133 e. The van der Waals surface area contributed by atoms with E-state index >= 15 is 0 Å². The second kappa shape index (κ2) is 7.47. The molecule has 2 rings (SSSR count). The van der Waals surface area contributed by atoms with Crippen LogP contribution in [0.5, 0.6) is 5.75 Å². The highest BCUT2D eigenvalue weighted by molar-refractivity contribution is 7.99. The van der Waals surface area contributed by atoms with Gasteiger partial charge in [0.15, 0.2) is 0 Å². The molecule has 1 aliphatic heterocycles. The Morgan fingerprint density at radius 3 is 3.11 bits per heavy atom. The van der Waals surface area contributed by atoms with Crippen LogP contribution >= 0.6 is 11.8 Å². The third-order valence-electron chi connectivity index (χ3n) is 3.13. The molecule has 0 saturated heterocycles. The molecule has 0 fully saturated rings. The van der Waals surface area contributed by atoms with Gasteiger partial charge in [-0.15, -0.1) is 23.6 Å². The quantitative estimate of drug-likeness (QED) is 0.833. The summed E-state index contributed by atoms with van der Waals surface area (Å²) in [4.78, 5) is 1.24. The number of benzene rings is 1. The molecule has 0 aliphatic carbocycles. The molecule has 0 saturated carbocycles. The van der Waals surface area contributed by atoms with Gasteiger partial charge in [-0.1, -0.05) is 19.1 Å². The Bertz CT molecular complexity index is 463. The molecule has 1 N–H and O–H groups in total. The Hall–Kier alpha value is -1.11. The summed E-state index contributed by atoms with van der Waals surface area (Å²) in [6.07, 6.45) is 2.18. The monoisotopic (exact) mass is 275 g/mol. The standard InChI is InChI=1S/C16H21NOS/c1-3-5-8-13(17-11-4-2)15-12-19-16-10-7-6-9-14(16)18-15/h6-7,9-10,13,15,17H,4,8,11-12H2,1-2H3. The van der Waals surface area contributed by atoms with E-state index in [1.165, 1.54) is 4.90 Å². The van der Waals surface area contributed by atoms with E-state index in [-0.39, 0.29) is 6.10 Å². The van der Waals surface area contributed by atoms with Gasteiger partial charge >= 0.3 is 0 Å². The molecular weight excluding hydrogens is 254 g/mol. The smallest absolute Gasteiger partial charge is 0.133 e. The predicted octanol–water partition coefficient (Wildman–Crippen LogP) is 3.32. The van der Waals surface area contributed by atoms with Gasteiger partial charge in [0.1, 0.15) is 11.9 Å². The summed E-state index contributed by atoms with van der Waals surface area (Å²) < 4.78 is 6.14. The van der Waals surface area contributed by atoms with Crippen molar-refractivity contribution in [1.29, 1.82) is 0 Å². The van der Waals surface area contributed by atoms with Crippen molar-refractivity contribution in [3.8, 4) is 17.6 Å². The fraction of sp³-hybridized carbons (Fsp3) is 0.500. The average molecular weight is 275 g/mol. The largest absolute Gasteiger partial charge is 0.487 e. The Morgan fingerprint density at radius 1 is 1.47 bits per heavy atom. The van der Waals surface area contributed by atoms with Crippen molar-refractivity contribution >= 4 is 11.8 Å². The summed E-state index contributed by atoms with van der Waals surface area (Å²) in [5.41, 5.74) is 0. The van der Waals surface area contributed by atoms with E-state index < -0.39 is 0 Å². The van der Waals surface area contributed by atoms with Crippen LogP contribution in [0.3, 0.4) is 0 Å². The molecule has 19 heavy (non-hydrogen) atoms. The topological polar surface area (TPSA) is 21.3 Å². The van der Waals surface area contributed by atoms with E-state index in [0.717, 1.165) is 30.9 Å². The van der Waals surface area contributed by atoms with Crippen LogP contribution in [0, 0.1) is 11.8 Å². The van der Waals surface area contributed by atoms with Gasteiger partial charge in [-0.25, -0.2) is 0 Å². The van der Waals surface area contributed by atoms with Crippen LogP contribution in [-0.4, -0.2) is 24.4 Å². The van der Waals surface area contributed by atoms with Crippen molar-refractivity contribution in [3.63, 3.8) is 0 Å². The normalized spacial score (nSPS) is 18.7. The van der Waals surface area contributed by atoms with Crippen LogP contribution in [0.25, 0.3) is 0 Å². The molecule has 1 aromatic rings. The first kappa shape index (κ1) is 14.3. The third-order valence-corrected chi connectivity index (χ3v) is 4.28. The van der Waals surface area contributed by atoms with Crippen molar-refractivity contribution in [1.82, 2.24) is 5.32 Å². The van der Waals surface area contributed by atoms with Crippen molar-refractivity contribution in [2.45, 2.75) is 43.7 Å². The van der Waals surface area contributed by atoms with Crippen LogP contribution in [-0.2, 0) is 0 Å². The van der Waals surface area contributed by atoms with Crippen LogP contribution in [0.1, 0.15) is 26.7 Å². The highest BCUT2D eigenvalue weighted by atomic mass is 32.2. The molecule has 0 amide bonds. The number of fused-ring (bicyclic) bond motifs is 1. The first-order valence-corrected chi connectivity index (χ1v) is 7.85. The van der Waals surface area contributed by atoms with Crippen LogP contribution < -0.4 is 10.1 Å². The number of ether oxygens (including phenoxy) is 1. The number of nitrogens with one attached hydrogen (secondary N) is 1. The second-order valence-electron chi connectivity index (χ2n) is 4.61. The van der Waals surface area contributed by atoms with Crippen LogP contribution in [0.4, 0.5) is 0 Å². The van der Waals surface area contributed by atoms with E-state index in [1.54, 1.807) is 0 Å². The predicted molar refractivity (Wildman–Crippen MR) is 81.7 cm³/mol. The number of rotatable bonds is 5. The van der Waals surface area contributed by atoms with Gasteiger partial charge in [0.05, 0.1) is 6.04 Å². The van der Waals surface area contributed by atoms with Gasteiger partial charge in [-0.3, -0.25) is 0 Å². The molecular formula is C16H21NOS.